The Hall–Kier alpha value is -2.57. The van der Waals surface area contributed by atoms with Crippen molar-refractivity contribution in [1.29, 1.82) is 0 Å². The number of imide groups is 1. The number of rotatable bonds is 3. The zero-order valence-corrected chi connectivity index (χ0v) is 12.0. The molecule has 0 spiro atoms. The number of nitrogens with two attached hydrogens (primary N) is 1. The molecule has 0 radical (unpaired) electrons. The second kappa shape index (κ2) is 5.43. The summed E-state index contributed by atoms with van der Waals surface area (Å²) in [6.45, 7) is 5.42. The minimum Gasteiger partial charge on any atom is -0.402 e. The van der Waals surface area contributed by atoms with E-state index in [1.54, 1.807) is 20.0 Å². The summed E-state index contributed by atoms with van der Waals surface area (Å²) in [5.41, 5.74) is 6.97. The van der Waals surface area contributed by atoms with E-state index in [0.29, 0.717) is 23.5 Å². The minimum absolute atomic E-state index is 0.204. The number of piperidine rings is 1. The van der Waals surface area contributed by atoms with E-state index in [9.17, 15) is 14.4 Å². The molecule has 1 aromatic heterocycles. The van der Waals surface area contributed by atoms with Crippen LogP contribution in [0.5, 0.6) is 0 Å². The lowest BCUT2D eigenvalue weighted by atomic mass is 10.1. The van der Waals surface area contributed by atoms with Crippen LogP contribution in [0.15, 0.2) is 17.1 Å². The number of amides is 2. The summed E-state index contributed by atoms with van der Waals surface area (Å²) < 4.78 is 2.78. The predicted molar refractivity (Wildman–Crippen MR) is 79.0 cm³/mol. The Labute approximate surface area is 121 Å². The molecule has 7 nitrogen and oxygen atoms in total. The van der Waals surface area contributed by atoms with E-state index in [4.69, 9.17) is 5.73 Å². The highest BCUT2D eigenvalue weighted by Crippen LogP contribution is 2.22. The highest BCUT2D eigenvalue weighted by Gasteiger charge is 2.31. The van der Waals surface area contributed by atoms with E-state index in [0.717, 1.165) is 0 Å². The van der Waals surface area contributed by atoms with Gasteiger partial charge in [0.1, 0.15) is 6.04 Å². The number of imidazole rings is 1. The molecule has 3 N–H and O–H groups in total. The Morgan fingerprint density at radius 3 is 2.57 bits per heavy atom. The van der Waals surface area contributed by atoms with E-state index in [-0.39, 0.29) is 18.0 Å². The van der Waals surface area contributed by atoms with Gasteiger partial charge in [-0.25, -0.2) is 4.79 Å². The molecule has 1 aliphatic heterocycles. The fourth-order valence-corrected chi connectivity index (χ4v) is 2.48. The molecule has 0 saturated carbocycles. The maximum absolute atomic E-state index is 12.4. The fourth-order valence-electron chi connectivity index (χ4n) is 2.48. The highest BCUT2D eigenvalue weighted by molar-refractivity contribution is 5.99. The molecule has 1 unspecified atom stereocenters. The van der Waals surface area contributed by atoms with Gasteiger partial charge in [0.2, 0.25) is 11.8 Å². The number of hydrogen-bond donors (Lipinski definition) is 2. The van der Waals surface area contributed by atoms with Crippen LogP contribution in [0.2, 0.25) is 0 Å². The van der Waals surface area contributed by atoms with Gasteiger partial charge in [-0.3, -0.25) is 24.0 Å². The number of nitrogens with zero attached hydrogens (tertiary/aromatic N) is 2. The lowest BCUT2D eigenvalue weighted by molar-refractivity contribution is -0.135. The Bertz CT molecular complexity index is 705. The molecule has 0 bridgehead atoms. The number of allylic oxidation sites excluding steroid dienone is 1. The third-order valence-electron chi connectivity index (χ3n) is 3.46. The van der Waals surface area contributed by atoms with Crippen LogP contribution < -0.4 is 16.7 Å². The molecule has 0 aromatic carbocycles. The summed E-state index contributed by atoms with van der Waals surface area (Å²) in [7, 11) is 1.60. The normalized spacial score (nSPS) is 19.5. The van der Waals surface area contributed by atoms with Crippen molar-refractivity contribution in [2.75, 3.05) is 0 Å². The van der Waals surface area contributed by atoms with Crippen LogP contribution in [-0.4, -0.2) is 20.9 Å². The van der Waals surface area contributed by atoms with Gasteiger partial charge in [0, 0.05) is 19.2 Å². The van der Waals surface area contributed by atoms with Crippen molar-refractivity contribution in [2.24, 2.45) is 12.8 Å². The first-order valence-corrected chi connectivity index (χ1v) is 6.58. The van der Waals surface area contributed by atoms with Crippen LogP contribution in [0, 0.1) is 0 Å². The molecule has 2 heterocycles. The third kappa shape index (κ3) is 2.54. The van der Waals surface area contributed by atoms with Crippen LogP contribution in [0.3, 0.4) is 0 Å². The Kier molecular flexibility index (Phi) is 3.84. The molecule has 1 atom stereocenters. The predicted octanol–water partition coefficient (Wildman–Crippen LogP) is 0.127. The summed E-state index contributed by atoms with van der Waals surface area (Å²) in [4.78, 5) is 35.6. The molecular formula is C14H18N4O3. The van der Waals surface area contributed by atoms with Gasteiger partial charge >= 0.3 is 5.69 Å². The second-order valence-electron chi connectivity index (χ2n) is 5.04. The fraction of sp³-hybridized carbons (Fsp3) is 0.357. The first kappa shape index (κ1) is 14.8. The maximum Gasteiger partial charge on any atom is 0.329 e. The summed E-state index contributed by atoms with van der Waals surface area (Å²) in [5, 5.41) is 2.25. The highest BCUT2D eigenvalue weighted by atomic mass is 16.2. The van der Waals surface area contributed by atoms with Gasteiger partial charge in [-0.1, -0.05) is 6.58 Å². The van der Waals surface area contributed by atoms with Gasteiger partial charge in [0.05, 0.1) is 11.4 Å². The first-order valence-electron chi connectivity index (χ1n) is 6.58. The monoisotopic (exact) mass is 290 g/mol. The van der Waals surface area contributed by atoms with Crippen LogP contribution in [0.1, 0.15) is 37.2 Å². The average Bonchev–Trinajstić information content (AvgIpc) is 2.63. The molecule has 2 amide bonds. The standard InChI is InChI=1S/C14H18N4O3/c1-4-9-11(7-8(2)15)17(3)14(21)18(9)10-5-6-12(19)16-13(10)20/h4,7,10H,1,5-6,15H2,2-3H3,(H,16,19,20)/b8-7+. The number of aromatic nitrogens is 2. The maximum atomic E-state index is 12.4. The van der Waals surface area contributed by atoms with Gasteiger partial charge in [0.15, 0.2) is 0 Å². The molecule has 21 heavy (non-hydrogen) atoms. The molecule has 7 heteroatoms. The van der Waals surface area contributed by atoms with Crippen LogP contribution in [-0.2, 0) is 16.6 Å². The van der Waals surface area contributed by atoms with Gasteiger partial charge in [-0.2, -0.15) is 0 Å². The summed E-state index contributed by atoms with van der Waals surface area (Å²) in [6.07, 6.45) is 3.66. The van der Waals surface area contributed by atoms with Crippen molar-refractivity contribution in [3.05, 3.63) is 34.1 Å². The SMILES string of the molecule is C=Cc1c(/C=C(\C)N)n(C)c(=O)n1C1CCC(=O)NC1=O. The smallest absolute Gasteiger partial charge is 0.329 e. The number of carbonyl (C=O) groups is 2. The van der Waals surface area contributed by atoms with E-state index >= 15 is 0 Å². The first-order chi connectivity index (χ1) is 9.86. The topological polar surface area (TPSA) is 99.1 Å². The van der Waals surface area contributed by atoms with Crippen LogP contribution in [0.4, 0.5) is 0 Å². The molecule has 112 valence electrons. The molecule has 2 rings (SSSR count). The third-order valence-corrected chi connectivity index (χ3v) is 3.46. The van der Waals surface area contributed by atoms with Gasteiger partial charge in [-0.05, 0) is 25.5 Å². The molecule has 0 aliphatic carbocycles. The van der Waals surface area contributed by atoms with E-state index < -0.39 is 11.9 Å². The summed E-state index contributed by atoms with van der Waals surface area (Å²) in [6, 6.07) is -0.713. The van der Waals surface area contributed by atoms with Gasteiger partial charge in [0.25, 0.3) is 0 Å². The average molecular weight is 290 g/mol. The molecular weight excluding hydrogens is 272 g/mol. The van der Waals surface area contributed by atoms with Crippen molar-refractivity contribution in [2.45, 2.75) is 25.8 Å². The van der Waals surface area contributed by atoms with Gasteiger partial charge < -0.3 is 5.73 Å². The zero-order valence-electron chi connectivity index (χ0n) is 12.0. The Morgan fingerprint density at radius 1 is 1.38 bits per heavy atom. The molecule has 1 aromatic rings. The van der Waals surface area contributed by atoms with Crippen LogP contribution in [0.25, 0.3) is 12.2 Å². The number of carbonyl (C=O) groups excluding carboxylic acids is 2. The van der Waals surface area contributed by atoms with E-state index in [2.05, 4.69) is 11.9 Å². The van der Waals surface area contributed by atoms with E-state index in [1.165, 1.54) is 15.2 Å². The van der Waals surface area contributed by atoms with E-state index in [1.807, 2.05) is 0 Å². The molecule has 1 aliphatic rings. The van der Waals surface area contributed by atoms with Crippen molar-refractivity contribution in [3.63, 3.8) is 0 Å². The second-order valence-corrected chi connectivity index (χ2v) is 5.04. The lowest BCUT2D eigenvalue weighted by Gasteiger charge is -2.22. The Balaban J connectivity index is 2.62. The zero-order chi connectivity index (χ0) is 15.7. The Morgan fingerprint density at radius 2 is 2.05 bits per heavy atom. The number of hydrogen-bond acceptors (Lipinski definition) is 4. The van der Waals surface area contributed by atoms with Crippen LogP contribution >= 0.6 is 0 Å². The van der Waals surface area contributed by atoms with Crippen molar-refractivity contribution in [3.8, 4) is 0 Å². The van der Waals surface area contributed by atoms with Crippen molar-refractivity contribution < 1.29 is 9.59 Å². The van der Waals surface area contributed by atoms with Crippen molar-refractivity contribution >= 4 is 24.0 Å². The minimum atomic E-state index is -0.713. The summed E-state index contributed by atoms with van der Waals surface area (Å²) >= 11 is 0. The lowest BCUT2D eigenvalue weighted by Crippen LogP contribution is -2.44. The molecule has 1 saturated heterocycles. The summed E-state index contributed by atoms with van der Waals surface area (Å²) in [5.74, 6) is -0.791. The quantitative estimate of drug-likeness (QED) is 0.773. The number of nitrogens with one attached hydrogen (secondary N) is 1. The molecule has 1 fully saturated rings. The largest absolute Gasteiger partial charge is 0.402 e. The van der Waals surface area contributed by atoms with Crippen molar-refractivity contribution in [1.82, 2.24) is 14.5 Å². The van der Waals surface area contributed by atoms with Gasteiger partial charge in [-0.15, -0.1) is 0 Å².